The van der Waals surface area contributed by atoms with Gasteiger partial charge in [-0.2, -0.15) is 0 Å². The highest BCUT2D eigenvalue weighted by Crippen LogP contribution is 2.21. The molecule has 0 radical (unpaired) electrons. The van der Waals surface area contributed by atoms with Crippen molar-refractivity contribution in [3.8, 4) is 0 Å². The van der Waals surface area contributed by atoms with Gasteiger partial charge in [0.1, 0.15) is 24.2 Å². The average Bonchev–Trinajstić information content (AvgIpc) is 3.39. The number of nitrogens with zero attached hydrogens (tertiary/aromatic N) is 1. The number of carboxylic acid groups (broad SMARTS) is 1. The number of carboxylic acids is 1. The van der Waals surface area contributed by atoms with E-state index in [4.69, 9.17) is 11.5 Å². The molecule has 1 rings (SSSR count). The van der Waals surface area contributed by atoms with Crippen LogP contribution in [0.4, 0.5) is 0 Å². The van der Waals surface area contributed by atoms with Crippen molar-refractivity contribution in [1.82, 2.24) is 20.9 Å². The Morgan fingerprint density at radius 3 is 2.10 bits per heavy atom. The fourth-order valence-electron chi connectivity index (χ4n) is 4.72. The molecule has 1 aliphatic rings. The number of carbonyl (C=O) groups excluding carboxylic acids is 4. The third-order valence-corrected chi connectivity index (χ3v) is 7.54. The fourth-order valence-corrected chi connectivity index (χ4v) is 4.72. The van der Waals surface area contributed by atoms with Crippen molar-refractivity contribution in [1.29, 1.82) is 0 Å². The van der Waals surface area contributed by atoms with Crippen LogP contribution in [0.25, 0.3) is 0 Å². The SMILES string of the molecule is CC[C@H](C)[C@H](NC(=O)[C@@H]1CCCN1C(=O)[C@@H](N)C(C)C)C(=O)N[C@@H](CC(C)C)C(=O)N[C@@H](CCCCN)C(=O)O. The van der Waals surface area contributed by atoms with E-state index in [0.717, 1.165) is 0 Å². The Morgan fingerprint density at radius 1 is 0.950 bits per heavy atom. The molecular weight excluding hydrogens is 516 g/mol. The molecule has 1 aliphatic heterocycles. The van der Waals surface area contributed by atoms with Crippen LogP contribution in [0.2, 0.25) is 0 Å². The van der Waals surface area contributed by atoms with E-state index in [1.807, 2.05) is 41.5 Å². The minimum absolute atomic E-state index is 0.0245. The van der Waals surface area contributed by atoms with Crippen molar-refractivity contribution in [2.24, 2.45) is 29.2 Å². The highest BCUT2D eigenvalue weighted by Gasteiger charge is 2.39. The number of aliphatic carboxylic acids is 1. The van der Waals surface area contributed by atoms with Gasteiger partial charge in [0, 0.05) is 6.54 Å². The summed E-state index contributed by atoms with van der Waals surface area (Å²) >= 11 is 0. The zero-order chi connectivity index (χ0) is 30.6. The molecule has 1 fully saturated rings. The summed E-state index contributed by atoms with van der Waals surface area (Å²) in [6.45, 7) is 12.0. The van der Waals surface area contributed by atoms with E-state index in [1.54, 1.807) is 0 Å². The molecule has 12 nitrogen and oxygen atoms in total. The number of rotatable bonds is 17. The highest BCUT2D eigenvalue weighted by atomic mass is 16.4. The molecule has 0 bridgehead atoms. The van der Waals surface area contributed by atoms with Crippen LogP contribution in [0.5, 0.6) is 0 Å². The van der Waals surface area contributed by atoms with Crippen LogP contribution < -0.4 is 27.4 Å². The van der Waals surface area contributed by atoms with Gasteiger partial charge in [-0.1, -0.05) is 48.0 Å². The van der Waals surface area contributed by atoms with Gasteiger partial charge >= 0.3 is 5.97 Å². The number of nitrogens with two attached hydrogens (primary N) is 2. The highest BCUT2D eigenvalue weighted by molar-refractivity contribution is 5.95. The van der Waals surface area contributed by atoms with Crippen molar-refractivity contribution < 1.29 is 29.1 Å². The van der Waals surface area contributed by atoms with Crippen molar-refractivity contribution in [2.45, 2.75) is 117 Å². The van der Waals surface area contributed by atoms with Crippen LogP contribution in [0.3, 0.4) is 0 Å². The average molecular weight is 569 g/mol. The predicted molar refractivity (Wildman–Crippen MR) is 153 cm³/mol. The molecule has 0 aliphatic carbocycles. The van der Waals surface area contributed by atoms with E-state index in [9.17, 15) is 29.1 Å². The fraction of sp³-hybridized carbons (Fsp3) is 0.821. The number of nitrogens with one attached hydrogen (secondary N) is 3. The lowest BCUT2D eigenvalue weighted by atomic mass is 9.96. The molecule has 40 heavy (non-hydrogen) atoms. The topological polar surface area (TPSA) is 197 Å². The first-order chi connectivity index (χ1) is 18.7. The normalized spacial score (nSPS) is 19.1. The van der Waals surface area contributed by atoms with Crippen LogP contribution in [-0.4, -0.2) is 82.9 Å². The molecular formula is C28H52N6O6. The molecule has 12 heteroatoms. The van der Waals surface area contributed by atoms with Gasteiger partial charge in [0.15, 0.2) is 0 Å². The lowest BCUT2D eigenvalue weighted by Crippen LogP contribution is -2.59. The van der Waals surface area contributed by atoms with Gasteiger partial charge in [0.25, 0.3) is 0 Å². The van der Waals surface area contributed by atoms with Crippen LogP contribution in [0.1, 0.15) is 86.5 Å². The van der Waals surface area contributed by atoms with Crippen molar-refractivity contribution in [2.75, 3.05) is 13.1 Å². The van der Waals surface area contributed by atoms with E-state index < -0.39 is 53.9 Å². The molecule has 1 heterocycles. The Bertz CT molecular complexity index is 866. The maximum Gasteiger partial charge on any atom is 0.326 e. The van der Waals surface area contributed by atoms with Gasteiger partial charge in [-0.15, -0.1) is 0 Å². The van der Waals surface area contributed by atoms with Crippen LogP contribution in [0, 0.1) is 17.8 Å². The maximum absolute atomic E-state index is 13.5. The van der Waals surface area contributed by atoms with E-state index in [-0.39, 0.29) is 36.5 Å². The molecule has 0 saturated carbocycles. The van der Waals surface area contributed by atoms with E-state index in [2.05, 4.69) is 16.0 Å². The second kappa shape index (κ2) is 17.2. The second-order valence-electron chi connectivity index (χ2n) is 11.7. The molecule has 4 amide bonds. The molecule has 0 unspecified atom stereocenters. The van der Waals surface area contributed by atoms with Crippen LogP contribution in [-0.2, 0) is 24.0 Å². The second-order valence-corrected chi connectivity index (χ2v) is 11.7. The summed E-state index contributed by atoms with van der Waals surface area (Å²) in [4.78, 5) is 66.1. The Labute approximate surface area is 238 Å². The summed E-state index contributed by atoms with van der Waals surface area (Å²) in [6, 6.07) is -4.48. The first-order valence-corrected chi connectivity index (χ1v) is 14.6. The summed E-state index contributed by atoms with van der Waals surface area (Å²) in [5, 5.41) is 17.7. The Kier molecular flexibility index (Phi) is 15.1. The smallest absolute Gasteiger partial charge is 0.326 e. The van der Waals surface area contributed by atoms with Gasteiger partial charge in [-0.05, 0) is 62.8 Å². The summed E-state index contributed by atoms with van der Waals surface area (Å²) in [7, 11) is 0. The number of unbranched alkanes of at least 4 members (excludes halogenated alkanes) is 1. The van der Waals surface area contributed by atoms with Crippen LogP contribution >= 0.6 is 0 Å². The maximum atomic E-state index is 13.5. The van der Waals surface area contributed by atoms with Gasteiger partial charge in [0.2, 0.25) is 23.6 Å². The van der Waals surface area contributed by atoms with Crippen molar-refractivity contribution >= 4 is 29.6 Å². The molecule has 6 atom stereocenters. The minimum Gasteiger partial charge on any atom is -0.480 e. The molecule has 0 spiro atoms. The Balaban J connectivity index is 3.06. The number of hydrogen-bond donors (Lipinski definition) is 6. The summed E-state index contributed by atoms with van der Waals surface area (Å²) < 4.78 is 0. The molecule has 0 aromatic carbocycles. The molecule has 1 saturated heterocycles. The number of amides is 4. The quantitative estimate of drug-likeness (QED) is 0.138. The van der Waals surface area contributed by atoms with Crippen molar-refractivity contribution in [3.63, 3.8) is 0 Å². The van der Waals surface area contributed by atoms with E-state index in [1.165, 1.54) is 4.90 Å². The number of likely N-dealkylation sites (tertiary alicyclic amines) is 1. The molecule has 8 N–H and O–H groups in total. The Hall–Kier alpha value is -2.73. The summed E-state index contributed by atoms with van der Waals surface area (Å²) in [5.74, 6) is -3.32. The standard InChI is InChI=1S/C28H52N6O6/c1-7-18(6)23(33-25(36)21-12-10-14-34(21)27(38)22(30)17(4)5)26(37)32-20(15-16(2)3)24(35)31-19(28(39)40)11-8-9-13-29/h16-23H,7-15,29-30H2,1-6H3,(H,31,35)(H,32,37)(H,33,36)(H,39,40)/t18-,19-,20-,21-,22-,23-/m0/s1. The molecule has 230 valence electrons. The summed E-state index contributed by atoms with van der Waals surface area (Å²) in [6.07, 6.45) is 3.38. The van der Waals surface area contributed by atoms with Crippen LogP contribution in [0.15, 0.2) is 0 Å². The van der Waals surface area contributed by atoms with Crippen molar-refractivity contribution in [3.05, 3.63) is 0 Å². The lowest BCUT2D eigenvalue weighted by Gasteiger charge is -2.31. The predicted octanol–water partition coefficient (Wildman–Crippen LogP) is 0.721. The van der Waals surface area contributed by atoms with E-state index >= 15 is 0 Å². The Morgan fingerprint density at radius 2 is 1.57 bits per heavy atom. The van der Waals surface area contributed by atoms with E-state index in [0.29, 0.717) is 45.2 Å². The lowest BCUT2D eigenvalue weighted by molar-refractivity contribution is -0.143. The van der Waals surface area contributed by atoms with Gasteiger partial charge in [-0.3, -0.25) is 19.2 Å². The van der Waals surface area contributed by atoms with Gasteiger partial charge in [0.05, 0.1) is 6.04 Å². The van der Waals surface area contributed by atoms with Gasteiger partial charge < -0.3 is 37.4 Å². The first kappa shape index (κ1) is 35.3. The third-order valence-electron chi connectivity index (χ3n) is 7.54. The molecule has 0 aromatic heterocycles. The largest absolute Gasteiger partial charge is 0.480 e. The zero-order valence-electron chi connectivity index (χ0n) is 25.1. The third kappa shape index (κ3) is 10.7. The number of hydrogen-bond acceptors (Lipinski definition) is 7. The minimum atomic E-state index is -1.16. The summed E-state index contributed by atoms with van der Waals surface area (Å²) in [5.41, 5.74) is 11.6. The first-order valence-electron chi connectivity index (χ1n) is 14.6. The van der Waals surface area contributed by atoms with Gasteiger partial charge in [-0.25, -0.2) is 4.79 Å². The monoisotopic (exact) mass is 568 g/mol. The zero-order valence-corrected chi connectivity index (χ0v) is 25.1. The number of carbonyl (C=O) groups is 5. The molecule has 0 aromatic rings.